The van der Waals surface area contributed by atoms with Gasteiger partial charge in [0, 0.05) is 0 Å². The Kier molecular flexibility index (Phi) is 3.69. The van der Waals surface area contributed by atoms with Gasteiger partial charge < -0.3 is 11.1 Å². The highest BCUT2D eigenvalue weighted by molar-refractivity contribution is 5.98. The molecule has 0 rings (SSSR count). The fraction of sp³-hybridized carbons (Fsp3) is 0.714. The molecular weight excluding hydrogens is 158 g/mol. The summed E-state index contributed by atoms with van der Waals surface area (Å²) >= 11 is 0. The summed E-state index contributed by atoms with van der Waals surface area (Å²) in [5.41, 5.74) is 4.03. The van der Waals surface area contributed by atoms with Crippen LogP contribution in [-0.2, 0) is 4.79 Å². The van der Waals surface area contributed by atoms with Crippen molar-refractivity contribution in [2.45, 2.75) is 26.3 Å². The number of carbonyl (C=O) groups excluding carboxylic acids is 2. The lowest BCUT2D eigenvalue weighted by Crippen LogP contribution is -2.54. The number of imide groups is 1. The number of nitrogens with one attached hydrogen (secondary N) is 2. The predicted molar refractivity (Wildman–Crippen MR) is 45.5 cm³/mol. The van der Waals surface area contributed by atoms with Crippen molar-refractivity contribution in [2.24, 2.45) is 5.73 Å². The summed E-state index contributed by atoms with van der Waals surface area (Å²) in [6, 6.07) is -0.828. The molecule has 70 valence electrons. The van der Waals surface area contributed by atoms with Gasteiger partial charge in [-0.15, -0.1) is 0 Å². The molecule has 0 aliphatic heterocycles. The molecule has 0 aliphatic rings. The summed E-state index contributed by atoms with van der Waals surface area (Å²) < 4.78 is 0. The van der Waals surface area contributed by atoms with Crippen LogP contribution in [0.3, 0.4) is 0 Å². The lowest BCUT2D eigenvalue weighted by molar-refractivity contribution is -0.125. The molecule has 0 saturated heterocycles. The van der Waals surface area contributed by atoms with Crippen molar-refractivity contribution in [1.29, 1.82) is 0 Å². The van der Waals surface area contributed by atoms with E-state index < -0.39 is 17.5 Å². The summed E-state index contributed by atoms with van der Waals surface area (Å²) in [7, 11) is 0. The van der Waals surface area contributed by atoms with Gasteiger partial charge in [0.05, 0.1) is 5.54 Å². The highest BCUT2D eigenvalue weighted by atomic mass is 16.2. The van der Waals surface area contributed by atoms with E-state index in [9.17, 15) is 9.59 Å². The van der Waals surface area contributed by atoms with Crippen molar-refractivity contribution in [3.05, 3.63) is 0 Å². The van der Waals surface area contributed by atoms with Gasteiger partial charge in [-0.2, -0.15) is 0 Å². The lowest BCUT2D eigenvalue weighted by Gasteiger charge is -2.23. The molecule has 0 unspecified atom stereocenters. The van der Waals surface area contributed by atoms with Crippen molar-refractivity contribution < 1.29 is 9.59 Å². The van der Waals surface area contributed by atoms with Crippen LogP contribution in [0.2, 0.25) is 0 Å². The van der Waals surface area contributed by atoms with Crippen LogP contribution < -0.4 is 16.4 Å². The van der Waals surface area contributed by atoms with Gasteiger partial charge >= 0.3 is 6.03 Å². The summed E-state index contributed by atoms with van der Waals surface area (Å²) in [5.74, 6) is -0.420. The molecule has 5 heteroatoms. The van der Waals surface area contributed by atoms with Crippen LogP contribution in [0.15, 0.2) is 0 Å². The molecule has 0 aliphatic carbocycles. The first-order chi connectivity index (χ1) is 5.40. The van der Waals surface area contributed by atoms with Crippen LogP contribution in [0.4, 0.5) is 4.79 Å². The zero-order chi connectivity index (χ0) is 9.78. The topological polar surface area (TPSA) is 84.2 Å². The van der Waals surface area contributed by atoms with Gasteiger partial charge in [0.15, 0.2) is 0 Å². The molecule has 0 aromatic carbocycles. The Morgan fingerprint density at radius 1 is 1.42 bits per heavy atom. The number of rotatable bonds is 3. The Hall–Kier alpha value is -1.10. The lowest BCUT2D eigenvalue weighted by atomic mass is 10.1. The van der Waals surface area contributed by atoms with E-state index in [1.54, 1.807) is 13.8 Å². The number of hydrogen-bond acceptors (Lipinski definition) is 3. The van der Waals surface area contributed by atoms with E-state index in [2.05, 4.69) is 5.32 Å². The largest absolute Gasteiger partial charge is 0.351 e. The highest BCUT2D eigenvalue weighted by Gasteiger charge is 2.26. The quantitative estimate of drug-likeness (QED) is 0.541. The van der Waals surface area contributed by atoms with Crippen LogP contribution in [0, 0.1) is 0 Å². The molecule has 4 N–H and O–H groups in total. The zero-order valence-electron chi connectivity index (χ0n) is 7.60. The first-order valence-corrected chi connectivity index (χ1v) is 3.76. The van der Waals surface area contributed by atoms with Crippen LogP contribution in [0.25, 0.3) is 0 Å². The predicted octanol–water partition coefficient (Wildman–Crippen LogP) is -0.431. The number of hydrogen-bond donors (Lipinski definition) is 3. The number of nitrogens with two attached hydrogens (primary N) is 1. The molecule has 3 amide bonds. The molecule has 0 heterocycles. The van der Waals surface area contributed by atoms with Gasteiger partial charge in [-0.25, -0.2) is 4.79 Å². The second-order valence-electron chi connectivity index (χ2n) is 2.97. The molecule has 0 atom stereocenters. The Bertz CT molecular complexity index is 189. The third kappa shape index (κ3) is 3.34. The van der Waals surface area contributed by atoms with Gasteiger partial charge in [0.25, 0.3) is 0 Å². The van der Waals surface area contributed by atoms with Gasteiger partial charge in [-0.05, 0) is 20.4 Å². The van der Waals surface area contributed by atoms with Gasteiger partial charge in [-0.1, -0.05) is 6.92 Å². The average Bonchev–Trinajstić information content (AvgIpc) is 1.85. The molecule has 0 spiro atoms. The Balaban J connectivity index is 4.15. The van der Waals surface area contributed by atoms with E-state index in [1.165, 1.54) is 0 Å². The van der Waals surface area contributed by atoms with E-state index in [0.717, 1.165) is 0 Å². The van der Waals surface area contributed by atoms with Crippen molar-refractivity contribution in [3.8, 4) is 0 Å². The van der Waals surface area contributed by atoms with Crippen LogP contribution >= 0.6 is 0 Å². The standard InChI is InChI=1S/C7H15N3O2/c1-4-9-7(2,3)5(11)10-6(8)12/h9H,4H2,1-3H3,(H3,8,10,11,12). The summed E-state index contributed by atoms with van der Waals surface area (Å²) in [6.45, 7) is 5.88. The fourth-order valence-electron chi connectivity index (χ4n) is 0.790. The summed E-state index contributed by atoms with van der Waals surface area (Å²) in [4.78, 5) is 21.5. The fourth-order valence-corrected chi connectivity index (χ4v) is 0.790. The molecule has 0 saturated carbocycles. The molecular formula is C7H15N3O2. The number of likely N-dealkylation sites (N-methyl/N-ethyl adjacent to an activating group) is 1. The number of urea groups is 1. The van der Waals surface area contributed by atoms with E-state index in [-0.39, 0.29) is 0 Å². The third-order valence-electron chi connectivity index (χ3n) is 1.42. The molecule has 0 radical (unpaired) electrons. The average molecular weight is 173 g/mol. The van der Waals surface area contributed by atoms with E-state index in [1.807, 2.05) is 12.2 Å². The minimum Gasteiger partial charge on any atom is -0.351 e. The van der Waals surface area contributed by atoms with Crippen LogP contribution in [-0.4, -0.2) is 24.0 Å². The third-order valence-corrected chi connectivity index (χ3v) is 1.42. The second-order valence-corrected chi connectivity index (χ2v) is 2.97. The first kappa shape index (κ1) is 10.9. The van der Waals surface area contributed by atoms with Crippen LogP contribution in [0.1, 0.15) is 20.8 Å². The molecule has 0 aromatic heterocycles. The molecule has 0 bridgehead atoms. The van der Waals surface area contributed by atoms with Crippen LogP contribution in [0.5, 0.6) is 0 Å². The smallest absolute Gasteiger partial charge is 0.318 e. The van der Waals surface area contributed by atoms with Crippen molar-refractivity contribution in [2.75, 3.05) is 6.54 Å². The normalized spacial score (nSPS) is 10.9. The number of amides is 3. The summed E-state index contributed by atoms with van der Waals surface area (Å²) in [6.07, 6.45) is 0. The van der Waals surface area contributed by atoms with Gasteiger partial charge in [0.1, 0.15) is 0 Å². The maximum absolute atomic E-state index is 11.2. The Morgan fingerprint density at radius 3 is 2.25 bits per heavy atom. The van der Waals surface area contributed by atoms with Gasteiger partial charge in [0.2, 0.25) is 5.91 Å². The minimum atomic E-state index is -0.828. The Morgan fingerprint density at radius 2 is 1.92 bits per heavy atom. The molecule has 0 aromatic rings. The minimum absolute atomic E-state index is 0.420. The monoisotopic (exact) mass is 173 g/mol. The molecule has 5 nitrogen and oxygen atoms in total. The maximum Gasteiger partial charge on any atom is 0.318 e. The molecule has 12 heavy (non-hydrogen) atoms. The maximum atomic E-state index is 11.2. The Labute approximate surface area is 71.7 Å². The number of carbonyl (C=O) groups is 2. The van der Waals surface area contributed by atoms with Crippen molar-refractivity contribution >= 4 is 11.9 Å². The molecule has 0 fully saturated rings. The first-order valence-electron chi connectivity index (χ1n) is 3.76. The number of primary amides is 1. The van der Waals surface area contributed by atoms with Crippen molar-refractivity contribution in [3.63, 3.8) is 0 Å². The van der Waals surface area contributed by atoms with Crippen molar-refractivity contribution in [1.82, 2.24) is 10.6 Å². The van der Waals surface area contributed by atoms with E-state index in [0.29, 0.717) is 6.54 Å². The van der Waals surface area contributed by atoms with Gasteiger partial charge in [-0.3, -0.25) is 10.1 Å². The SMILES string of the molecule is CCNC(C)(C)C(=O)NC(N)=O. The zero-order valence-corrected chi connectivity index (χ0v) is 7.60. The second kappa shape index (κ2) is 4.06. The highest BCUT2D eigenvalue weighted by Crippen LogP contribution is 2.00. The van der Waals surface area contributed by atoms with E-state index >= 15 is 0 Å². The summed E-state index contributed by atoms with van der Waals surface area (Å²) in [5, 5.41) is 4.91. The van der Waals surface area contributed by atoms with E-state index in [4.69, 9.17) is 5.73 Å².